The SMILES string of the molecule is CCNC(=NCc1nccn1CCCc1ccccc1)NCC1(CCO)CCOC1. The summed E-state index contributed by atoms with van der Waals surface area (Å²) >= 11 is 0. The lowest BCUT2D eigenvalue weighted by molar-refractivity contribution is 0.127. The number of nitrogens with one attached hydrogen (secondary N) is 2. The molecule has 1 unspecified atom stereocenters. The standard InChI is InChI=1S/C23H35N5O2/c1-2-24-22(27-18-23(10-15-29)11-16-30-19-23)26-17-21-25-12-14-28(21)13-6-9-20-7-4-3-5-8-20/h3-5,7-8,12,14,29H,2,6,9-11,13,15-19H2,1H3,(H2,24,26,27). The topological polar surface area (TPSA) is 83.7 Å². The first-order valence-electron chi connectivity index (χ1n) is 11.0. The van der Waals surface area contributed by atoms with Gasteiger partial charge in [-0.15, -0.1) is 0 Å². The van der Waals surface area contributed by atoms with Crippen LogP contribution in [0.25, 0.3) is 0 Å². The van der Waals surface area contributed by atoms with Crippen LogP contribution in [0.15, 0.2) is 47.7 Å². The molecule has 30 heavy (non-hydrogen) atoms. The van der Waals surface area contributed by atoms with Gasteiger partial charge in [-0.2, -0.15) is 0 Å². The van der Waals surface area contributed by atoms with Gasteiger partial charge in [0.1, 0.15) is 12.4 Å². The number of aliphatic hydroxyl groups is 1. The minimum Gasteiger partial charge on any atom is -0.396 e. The summed E-state index contributed by atoms with van der Waals surface area (Å²) < 4.78 is 7.77. The molecule has 1 aliphatic heterocycles. The summed E-state index contributed by atoms with van der Waals surface area (Å²) in [6.07, 6.45) is 7.71. The van der Waals surface area contributed by atoms with Gasteiger partial charge in [-0.3, -0.25) is 0 Å². The van der Waals surface area contributed by atoms with Crippen LogP contribution in [-0.2, 0) is 24.2 Å². The van der Waals surface area contributed by atoms with Gasteiger partial charge in [-0.25, -0.2) is 9.98 Å². The number of guanidine groups is 1. The van der Waals surface area contributed by atoms with Crippen LogP contribution in [0, 0.1) is 5.41 Å². The molecule has 1 aromatic carbocycles. The number of benzene rings is 1. The molecule has 1 atom stereocenters. The normalized spacial score (nSPS) is 19.2. The van der Waals surface area contributed by atoms with Crippen molar-refractivity contribution in [1.82, 2.24) is 20.2 Å². The molecule has 1 saturated heterocycles. The number of hydrogen-bond acceptors (Lipinski definition) is 4. The van der Waals surface area contributed by atoms with E-state index < -0.39 is 0 Å². The summed E-state index contributed by atoms with van der Waals surface area (Å²) in [5.41, 5.74) is 1.35. The highest BCUT2D eigenvalue weighted by atomic mass is 16.5. The third kappa shape index (κ3) is 6.57. The molecule has 0 spiro atoms. The molecule has 3 N–H and O–H groups in total. The fourth-order valence-corrected chi connectivity index (χ4v) is 3.87. The van der Waals surface area contributed by atoms with Gasteiger partial charge in [0.25, 0.3) is 0 Å². The van der Waals surface area contributed by atoms with Crippen molar-refractivity contribution in [1.29, 1.82) is 0 Å². The summed E-state index contributed by atoms with van der Waals surface area (Å²) in [7, 11) is 0. The Labute approximate surface area is 179 Å². The lowest BCUT2D eigenvalue weighted by atomic mass is 9.84. The van der Waals surface area contributed by atoms with E-state index in [0.29, 0.717) is 13.2 Å². The molecule has 7 nitrogen and oxygen atoms in total. The van der Waals surface area contributed by atoms with Gasteiger partial charge in [-0.05, 0) is 38.2 Å². The number of aliphatic imine (C=N–C) groups is 1. The fraction of sp³-hybridized carbons (Fsp3) is 0.565. The van der Waals surface area contributed by atoms with Gasteiger partial charge in [0.05, 0.1) is 6.61 Å². The van der Waals surface area contributed by atoms with E-state index in [4.69, 9.17) is 9.73 Å². The van der Waals surface area contributed by atoms with Crippen molar-refractivity contribution in [2.24, 2.45) is 10.4 Å². The average molecular weight is 414 g/mol. The molecule has 1 aromatic heterocycles. The molecule has 0 bridgehead atoms. The summed E-state index contributed by atoms with van der Waals surface area (Å²) in [5, 5.41) is 16.2. The number of aliphatic hydroxyl groups excluding tert-OH is 1. The van der Waals surface area contributed by atoms with Gasteiger partial charge in [0, 0.05) is 50.7 Å². The first-order valence-corrected chi connectivity index (χ1v) is 11.0. The van der Waals surface area contributed by atoms with Gasteiger partial charge in [0.15, 0.2) is 5.96 Å². The van der Waals surface area contributed by atoms with Crippen LogP contribution in [0.5, 0.6) is 0 Å². The molecule has 3 rings (SSSR count). The largest absolute Gasteiger partial charge is 0.396 e. The van der Waals surface area contributed by atoms with E-state index in [2.05, 4.69) is 57.4 Å². The first kappa shape index (κ1) is 22.3. The lowest BCUT2D eigenvalue weighted by Crippen LogP contribution is -2.44. The van der Waals surface area contributed by atoms with Crippen LogP contribution in [0.1, 0.15) is 37.6 Å². The van der Waals surface area contributed by atoms with E-state index in [0.717, 1.165) is 63.7 Å². The second-order valence-electron chi connectivity index (χ2n) is 7.95. The van der Waals surface area contributed by atoms with Gasteiger partial charge < -0.3 is 25.0 Å². The van der Waals surface area contributed by atoms with E-state index in [1.165, 1.54) is 5.56 Å². The van der Waals surface area contributed by atoms with Crippen LogP contribution in [0.4, 0.5) is 0 Å². The quantitative estimate of drug-likeness (QED) is 0.389. The minimum atomic E-state index is -0.0130. The van der Waals surface area contributed by atoms with Crippen molar-refractivity contribution in [2.45, 2.75) is 45.7 Å². The van der Waals surface area contributed by atoms with Crippen LogP contribution in [-0.4, -0.2) is 53.5 Å². The molecule has 164 valence electrons. The summed E-state index contributed by atoms with van der Waals surface area (Å²) in [6, 6.07) is 10.6. The molecule has 0 radical (unpaired) electrons. The molecule has 1 aliphatic rings. The molecule has 2 heterocycles. The maximum absolute atomic E-state index is 9.42. The number of nitrogens with zero attached hydrogens (tertiary/aromatic N) is 3. The predicted molar refractivity (Wildman–Crippen MR) is 119 cm³/mol. The highest BCUT2D eigenvalue weighted by Gasteiger charge is 2.34. The maximum atomic E-state index is 9.42. The molecular formula is C23H35N5O2. The average Bonchev–Trinajstić information content (AvgIpc) is 3.41. The Morgan fingerprint density at radius 2 is 2.17 bits per heavy atom. The monoisotopic (exact) mass is 413 g/mol. The van der Waals surface area contributed by atoms with Gasteiger partial charge >= 0.3 is 0 Å². The van der Waals surface area contributed by atoms with E-state index in [1.54, 1.807) is 0 Å². The Kier molecular flexibility index (Phi) is 8.71. The van der Waals surface area contributed by atoms with Gasteiger partial charge in [-0.1, -0.05) is 30.3 Å². The lowest BCUT2D eigenvalue weighted by Gasteiger charge is -2.27. The Balaban J connectivity index is 1.53. The first-order chi connectivity index (χ1) is 14.7. The van der Waals surface area contributed by atoms with Crippen molar-refractivity contribution < 1.29 is 9.84 Å². The third-order valence-corrected chi connectivity index (χ3v) is 5.69. The number of aromatic nitrogens is 2. The van der Waals surface area contributed by atoms with Crippen molar-refractivity contribution >= 4 is 5.96 Å². The molecule has 0 saturated carbocycles. The van der Waals surface area contributed by atoms with Crippen LogP contribution < -0.4 is 10.6 Å². The number of hydrogen-bond donors (Lipinski definition) is 3. The molecule has 0 amide bonds. The zero-order chi connectivity index (χ0) is 21.1. The zero-order valence-electron chi connectivity index (χ0n) is 18.0. The summed E-state index contributed by atoms with van der Waals surface area (Å²) in [4.78, 5) is 9.24. The van der Waals surface area contributed by atoms with E-state index in [-0.39, 0.29) is 12.0 Å². The Morgan fingerprint density at radius 1 is 1.30 bits per heavy atom. The number of rotatable bonds is 11. The van der Waals surface area contributed by atoms with E-state index >= 15 is 0 Å². The zero-order valence-corrected chi connectivity index (χ0v) is 18.0. The molecule has 0 aliphatic carbocycles. The smallest absolute Gasteiger partial charge is 0.191 e. The van der Waals surface area contributed by atoms with Crippen molar-refractivity contribution in [2.75, 3.05) is 32.9 Å². The minimum absolute atomic E-state index is 0.0130. The highest BCUT2D eigenvalue weighted by Crippen LogP contribution is 2.31. The fourth-order valence-electron chi connectivity index (χ4n) is 3.87. The van der Waals surface area contributed by atoms with Crippen molar-refractivity contribution in [3.63, 3.8) is 0 Å². The Morgan fingerprint density at radius 3 is 2.90 bits per heavy atom. The maximum Gasteiger partial charge on any atom is 0.191 e. The number of imidazole rings is 1. The molecule has 2 aromatic rings. The summed E-state index contributed by atoms with van der Waals surface area (Å²) in [5.74, 6) is 1.75. The number of aryl methyl sites for hydroxylation is 2. The van der Waals surface area contributed by atoms with E-state index in [1.807, 2.05) is 12.4 Å². The molecule has 1 fully saturated rings. The molecular weight excluding hydrogens is 378 g/mol. The van der Waals surface area contributed by atoms with Crippen LogP contribution in [0.2, 0.25) is 0 Å². The van der Waals surface area contributed by atoms with Crippen LogP contribution in [0.3, 0.4) is 0 Å². The number of ether oxygens (including phenoxy) is 1. The third-order valence-electron chi connectivity index (χ3n) is 5.69. The second kappa shape index (κ2) is 11.7. The predicted octanol–water partition coefficient (Wildman–Crippen LogP) is 2.36. The van der Waals surface area contributed by atoms with Crippen molar-refractivity contribution in [3.8, 4) is 0 Å². The Bertz CT molecular complexity index is 769. The van der Waals surface area contributed by atoms with Gasteiger partial charge in [0.2, 0.25) is 0 Å². The Hall–Kier alpha value is -2.38. The summed E-state index contributed by atoms with van der Waals surface area (Å²) in [6.45, 7) is 6.67. The van der Waals surface area contributed by atoms with Crippen LogP contribution >= 0.6 is 0 Å². The molecule has 7 heteroatoms. The highest BCUT2D eigenvalue weighted by molar-refractivity contribution is 5.79. The van der Waals surface area contributed by atoms with Crippen molar-refractivity contribution in [3.05, 3.63) is 54.1 Å². The second-order valence-corrected chi connectivity index (χ2v) is 7.95. The van der Waals surface area contributed by atoms with E-state index in [9.17, 15) is 5.11 Å².